The van der Waals surface area contributed by atoms with E-state index in [1.54, 1.807) is 13.2 Å². The molecule has 0 aliphatic heterocycles. The summed E-state index contributed by atoms with van der Waals surface area (Å²) in [4.78, 5) is 13.4. The van der Waals surface area contributed by atoms with Gasteiger partial charge in [-0.05, 0) is 64.7 Å². The largest absolute Gasteiger partial charge is 0.493 e. The average Bonchev–Trinajstić information content (AvgIpc) is 2.67. The first kappa shape index (κ1) is 27.6. The highest BCUT2D eigenvalue weighted by atomic mass is 16.7. The van der Waals surface area contributed by atoms with Crippen LogP contribution in [0.1, 0.15) is 81.1 Å². The lowest BCUT2D eigenvalue weighted by Gasteiger charge is -2.45. The molecule has 0 unspecified atom stereocenters. The van der Waals surface area contributed by atoms with Crippen molar-refractivity contribution in [1.29, 1.82) is 0 Å². The Morgan fingerprint density at radius 2 is 1.94 bits per heavy atom. The molecule has 0 aromatic rings. The summed E-state index contributed by atoms with van der Waals surface area (Å²) in [5, 5.41) is 0. The van der Waals surface area contributed by atoms with Gasteiger partial charge < -0.3 is 14.2 Å². The second kappa shape index (κ2) is 12.0. The predicted octanol–water partition coefficient (Wildman–Crippen LogP) is 6.87. The SMILES string of the molecule is C=CCOC1=C(C(=O)C(C)C)C(C)(C)[C@@H](CCC(C)(C)OCOC)C[C@H]1CC=C(C)C. The van der Waals surface area contributed by atoms with E-state index in [9.17, 15) is 4.79 Å². The summed E-state index contributed by atoms with van der Waals surface area (Å²) in [6.45, 7) is 21.4. The molecule has 0 aromatic carbocycles. The number of carbonyl (C=O) groups excluding carboxylic acids is 1. The van der Waals surface area contributed by atoms with E-state index in [4.69, 9.17) is 14.2 Å². The normalized spacial score (nSPS) is 21.2. The molecule has 0 bridgehead atoms. The van der Waals surface area contributed by atoms with Gasteiger partial charge in [-0.15, -0.1) is 0 Å². The van der Waals surface area contributed by atoms with Crippen molar-refractivity contribution < 1.29 is 19.0 Å². The Bertz CT molecular complexity index is 663. The fraction of sp³-hybridized carbons (Fsp3) is 0.741. The lowest BCUT2D eigenvalue weighted by molar-refractivity contribution is -0.122. The molecule has 0 fully saturated rings. The third-order valence-corrected chi connectivity index (χ3v) is 6.45. The fourth-order valence-corrected chi connectivity index (χ4v) is 4.41. The number of Topliss-reactive ketones (excluding diaryl/α,β-unsaturated/α-hetero) is 1. The van der Waals surface area contributed by atoms with E-state index >= 15 is 0 Å². The summed E-state index contributed by atoms with van der Waals surface area (Å²) < 4.78 is 17.2. The minimum Gasteiger partial charge on any atom is -0.493 e. The molecular weight excluding hydrogens is 388 g/mol. The van der Waals surface area contributed by atoms with Gasteiger partial charge in [-0.25, -0.2) is 0 Å². The second-order valence-electron chi connectivity index (χ2n) is 10.6. The van der Waals surface area contributed by atoms with Crippen molar-refractivity contribution in [2.75, 3.05) is 20.5 Å². The fourth-order valence-electron chi connectivity index (χ4n) is 4.41. The van der Waals surface area contributed by atoms with Crippen molar-refractivity contribution in [1.82, 2.24) is 0 Å². The summed E-state index contributed by atoms with van der Waals surface area (Å²) in [6.07, 6.45) is 7.81. The molecule has 2 atom stereocenters. The summed E-state index contributed by atoms with van der Waals surface area (Å²) in [6, 6.07) is 0. The van der Waals surface area contributed by atoms with Gasteiger partial charge in [0, 0.05) is 24.5 Å². The van der Waals surface area contributed by atoms with E-state index in [1.807, 2.05) is 13.8 Å². The van der Waals surface area contributed by atoms with Gasteiger partial charge in [0.2, 0.25) is 0 Å². The number of methoxy groups -OCH3 is 1. The number of hydrogen-bond acceptors (Lipinski definition) is 4. The molecule has 0 saturated carbocycles. The lowest BCUT2D eigenvalue weighted by Crippen LogP contribution is -2.41. The smallest absolute Gasteiger partial charge is 0.165 e. The molecule has 31 heavy (non-hydrogen) atoms. The minimum absolute atomic E-state index is 0.0686. The Hall–Kier alpha value is -1.39. The molecular formula is C27H46O4. The number of ketones is 1. The van der Waals surface area contributed by atoms with Gasteiger partial charge in [0.25, 0.3) is 0 Å². The Morgan fingerprint density at radius 1 is 1.29 bits per heavy atom. The van der Waals surface area contributed by atoms with Crippen LogP contribution in [0.2, 0.25) is 0 Å². The van der Waals surface area contributed by atoms with Gasteiger partial charge in [0.05, 0.1) is 5.60 Å². The van der Waals surface area contributed by atoms with Crippen LogP contribution >= 0.6 is 0 Å². The van der Waals surface area contributed by atoms with Crippen LogP contribution < -0.4 is 0 Å². The van der Waals surface area contributed by atoms with Crippen LogP contribution in [0.15, 0.2) is 35.6 Å². The van der Waals surface area contributed by atoms with Crippen LogP contribution in [0.25, 0.3) is 0 Å². The third-order valence-electron chi connectivity index (χ3n) is 6.45. The molecule has 0 spiro atoms. The second-order valence-corrected chi connectivity index (χ2v) is 10.6. The van der Waals surface area contributed by atoms with Crippen molar-refractivity contribution in [3.05, 3.63) is 35.6 Å². The van der Waals surface area contributed by atoms with Crippen LogP contribution in [0, 0.1) is 23.2 Å². The zero-order valence-electron chi connectivity index (χ0n) is 21.5. The Balaban J connectivity index is 3.37. The first-order valence-corrected chi connectivity index (χ1v) is 11.7. The van der Waals surface area contributed by atoms with Gasteiger partial charge >= 0.3 is 0 Å². The Labute approximate surface area is 191 Å². The maximum Gasteiger partial charge on any atom is 0.165 e. The predicted molar refractivity (Wildman–Crippen MR) is 129 cm³/mol. The van der Waals surface area contributed by atoms with Crippen LogP contribution in [0.5, 0.6) is 0 Å². The lowest BCUT2D eigenvalue weighted by atomic mass is 9.60. The molecule has 1 aliphatic carbocycles. The highest BCUT2D eigenvalue weighted by Gasteiger charge is 2.46. The number of carbonyl (C=O) groups is 1. The van der Waals surface area contributed by atoms with Crippen molar-refractivity contribution in [2.45, 2.75) is 86.7 Å². The molecule has 1 rings (SSSR count). The van der Waals surface area contributed by atoms with Crippen LogP contribution in [-0.4, -0.2) is 31.9 Å². The Morgan fingerprint density at radius 3 is 2.45 bits per heavy atom. The summed E-state index contributed by atoms with van der Waals surface area (Å²) in [5.41, 5.74) is 1.63. The molecule has 178 valence electrons. The topological polar surface area (TPSA) is 44.8 Å². The third kappa shape index (κ3) is 7.91. The highest BCUT2D eigenvalue weighted by Crippen LogP contribution is 2.51. The molecule has 4 nitrogen and oxygen atoms in total. The highest BCUT2D eigenvalue weighted by molar-refractivity contribution is 5.98. The van der Waals surface area contributed by atoms with E-state index in [-0.39, 0.29) is 28.6 Å². The van der Waals surface area contributed by atoms with Crippen LogP contribution in [-0.2, 0) is 19.0 Å². The molecule has 0 aromatic heterocycles. The number of hydrogen-bond donors (Lipinski definition) is 0. The van der Waals surface area contributed by atoms with Gasteiger partial charge in [0.1, 0.15) is 19.2 Å². The van der Waals surface area contributed by atoms with Gasteiger partial charge in [-0.1, -0.05) is 52.0 Å². The van der Waals surface area contributed by atoms with Crippen molar-refractivity contribution in [2.24, 2.45) is 23.2 Å². The average molecular weight is 435 g/mol. The van der Waals surface area contributed by atoms with Crippen LogP contribution in [0.3, 0.4) is 0 Å². The maximum absolute atomic E-state index is 13.4. The summed E-state index contributed by atoms with van der Waals surface area (Å²) in [7, 11) is 1.65. The molecule has 0 saturated heterocycles. The quantitative estimate of drug-likeness (QED) is 0.234. The maximum atomic E-state index is 13.4. The summed E-state index contributed by atoms with van der Waals surface area (Å²) in [5.74, 6) is 1.58. The molecule has 1 aliphatic rings. The van der Waals surface area contributed by atoms with E-state index in [0.717, 1.165) is 37.0 Å². The van der Waals surface area contributed by atoms with Crippen molar-refractivity contribution >= 4 is 5.78 Å². The minimum atomic E-state index is -0.271. The first-order chi connectivity index (χ1) is 14.4. The van der Waals surface area contributed by atoms with E-state index in [1.165, 1.54) is 5.57 Å². The molecule has 0 heterocycles. The van der Waals surface area contributed by atoms with Gasteiger partial charge in [0.15, 0.2) is 5.78 Å². The van der Waals surface area contributed by atoms with Gasteiger partial charge in [-0.2, -0.15) is 0 Å². The van der Waals surface area contributed by atoms with Crippen molar-refractivity contribution in [3.63, 3.8) is 0 Å². The van der Waals surface area contributed by atoms with Crippen molar-refractivity contribution in [3.8, 4) is 0 Å². The first-order valence-electron chi connectivity index (χ1n) is 11.7. The zero-order chi connectivity index (χ0) is 23.8. The van der Waals surface area contributed by atoms with E-state index in [2.05, 4.69) is 54.2 Å². The molecule has 4 heteroatoms. The van der Waals surface area contributed by atoms with E-state index < -0.39 is 0 Å². The zero-order valence-corrected chi connectivity index (χ0v) is 21.5. The molecule has 0 N–H and O–H groups in total. The van der Waals surface area contributed by atoms with E-state index in [0.29, 0.717) is 19.3 Å². The Kier molecular flexibility index (Phi) is 10.7. The standard InChI is InChI=1S/C27H46O4/c1-11-16-30-25-21(13-12-19(2)3)17-22(14-15-26(6,7)31-18-29-10)27(8,9)23(25)24(28)20(4)5/h11-12,20-22H,1,13-18H2,2-10H3/t21-,22+/m1/s1. The molecule has 0 radical (unpaired) electrons. The molecule has 0 amide bonds. The number of ether oxygens (including phenoxy) is 3. The van der Waals surface area contributed by atoms with Gasteiger partial charge in [-0.3, -0.25) is 4.79 Å². The number of allylic oxidation sites excluding steroid dienone is 4. The number of rotatable bonds is 13. The summed E-state index contributed by atoms with van der Waals surface area (Å²) >= 11 is 0. The monoisotopic (exact) mass is 434 g/mol. The van der Waals surface area contributed by atoms with Crippen LogP contribution in [0.4, 0.5) is 0 Å².